The van der Waals surface area contributed by atoms with Crippen LogP contribution in [0.4, 0.5) is 0 Å². The molecule has 0 atom stereocenters. The zero-order valence-electron chi connectivity index (χ0n) is 24.5. The molecule has 0 spiro atoms. The van der Waals surface area contributed by atoms with Crippen molar-refractivity contribution in [1.82, 2.24) is 19.9 Å². The summed E-state index contributed by atoms with van der Waals surface area (Å²) in [7, 11) is 0. The van der Waals surface area contributed by atoms with Gasteiger partial charge in [0.05, 0.1) is 11.4 Å². The Balaban J connectivity index is 1.36. The topological polar surface area (TPSA) is 51.6 Å². The van der Waals surface area contributed by atoms with E-state index in [-0.39, 0.29) is 0 Å². The van der Waals surface area contributed by atoms with Crippen LogP contribution in [0.2, 0.25) is 0 Å². The molecular weight excluding hydrogens is 601 g/mol. The Morgan fingerprint density at radius 3 is 1.54 bits per heavy atom. The van der Waals surface area contributed by atoms with Gasteiger partial charge in [0.25, 0.3) is 0 Å². The Hall–Kier alpha value is -5.56. The summed E-state index contributed by atoms with van der Waals surface area (Å²) in [5.74, 6) is 0. The summed E-state index contributed by atoms with van der Waals surface area (Å²) in [6.07, 6.45) is 7.46. The maximum absolute atomic E-state index is 4.70. The van der Waals surface area contributed by atoms with Crippen molar-refractivity contribution in [2.45, 2.75) is 0 Å². The second-order valence-electron chi connectivity index (χ2n) is 11.2. The molecule has 0 fully saturated rings. The van der Waals surface area contributed by atoms with Gasteiger partial charge in [0.15, 0.2) is 0 Å². The van der Waals surface area contributed by atoms with Gasteiger partial charge in [-0.25, -0.2) is 9.97 Å². The molecule has 46 heavy (non-hydrogen) atoms. The average molecular weight is 625 g/mol. The van der Waals surface area contributed by atoms with Crippen LogP contribution in [0, 0.1) is 0 Å². The van der Waals surface area contributed by atoms with Crippen molar-refractivity contribution in [2.24, 2.45) is 0 Å². The van der Waals surface area contributed by atoms with Crippen molar-refractivity contribution in [3.05, 3.63) is 145 Å². The number of fused-ring (bicyclic) bond motifs is 3. The molecule has 0 saturated heterocycles. The lowest BCUT2D eigenvalue weighted by molar-refractivity contribution is 1.29. The molecule has 216 valence electrons. The highest BCUT2D eigenvalue weighted by Crippen LogP contribution is 2.45. The molecular formula is C40H24N4S2. The highest BCUT2D eigenvalue weighted by Gasteiger charge is 2.19. The van der Waals surface area contributed by atoms with Gasteiger partial charge in [0, 0.05) is 35.5 Å². The van der Waals surface area contributed by atoms with Crippen LogP contribution in [0.3, 0.4) is 0 Å². The Morgan fingerprint density at radius 1 is 0.370 bits per heavy atom. The van der Waals surface area contributed by atoms with Gasteiger partial charge >= 0.3 is 0 Å². The summed E-state index contributed by atoms with van der Waals surface area (Å²) >= 11 is 3.21. The van der Waals surface area contributed by atoms with E-state index in [9.17, 15) is 0 Å². The molecule has 9 rings (SSSR count). The predicted molar refractivity (Wildman–Crippen MR) is 193 cm³/mol. The average Bonchev–Trinajstić information content (AvgIpc) is 3.86. The third-order valence-corrected chi connectivity index (χ3v) is 10.1. The number of hydrogen-bond acceptors (Lipinski definition) is 6. The summed E-state index contributed by atoms with van der Waals surface area (Å²) in [6, 6.07) is 39.5. The predicted octanol–water partition coefficient (Wildman–Crippen LogP) is 11.2. The van der Waals surface area contributed by atoms with Crippen molar-refractivity contribution >= 4 is 55.0 Å². The molecule has 0 aliphatic rings. The van der Waals surface area contributed by atoms with Gasteiger partial charge in [-0.05, 0) is 102 Å². The van der Waals surface area contributed by atoms with Crippen LogP contribution in [0.25, 0.3) is 87.1 Å². The number of thiazole rings is 2. The Labute approximate surface area is 273 Å². The fraction of sp³-hybridized carbons (Fsp3) is 0. The van der Waals surface area contributed by atoms with E-state index in [1.807, 2.05) is 35.5 Å². The lowest BCUT2D eigenvalue weighted by Crippen LogP contribution is -1.93. The highest BCUT2D eigenvalue weighted by atomic mass is 32.1. The Morgan fingerprint density at radius 2 is 0.913 bits per heavy atom. The molecule has 4 heterocycles. The van der Waals surface area contributed by atoms with Crippen LogP contribution in [-0.2, 0) is 0 Å². The second kappa shape index (κ2) is 11.1. The molecule has 0 aliphatic heterocycles. The van der Waals surface area contributed by atoms with Crippen molar-refractivity contribution in [1.29, 1.82) is 0 Å². The standard InChI is InChI=1S/C40H24N4S2/c1-2-6-26-21-27(10-9-25(26)5-1)28-11-12-33-34(22-28)38(30-14-16-42-36(24-30)40-44-18-20-46-40)32-8-4-3-7-31(32)37(33)29-13-15-41-35(23-29)39-43-17-19-45-39/h1-24H. The van der Waals surface area contributed by atoms with Crippen molar-refractivity contribution in [3.8, 4) is 54.8 Å². The molecule has 4 aromatic heterocycles. The van der Waals surface area contributed by atoms with E-state index in [1.165, 1.54) is 54.6 Å². The summed E-state index contributed by atoms with van der Waals surface area (Å²) in [6.45, 7) is 0. The van der Waals surface area contributed by atoms with E-state index >= 15 is 0 Å². The van der Waals surface area contributed by atoms with Gasteiger partial charge in [-0.15, -0.1) is 22.7 Å². The fourth-order valence-electron chi connectivity index (χ4n) is 6.45. The molecule has 9 aromatic rings. The smallest absolute Gasteiger partial charge is 0.141 e. The van der Waals surface area contributed by atoms with Gasteiger partial charge in [0.1, 0.15) is 10.0 Å². The molecule has 0 N–H and O–H groups in total. The third-order valence-electron chi connectivity index (χ3n) is 8.51. The normalized spacial score (nSPS) is 11.5. The monoisotopic (exact) mass is 624 g/mol. The summed E-state index contributed by atoms with van der Waals surface area (Å²) in [4.78, 5) is 18.5. The number of rotatable bonds is 5. The van der Waals surface area contributed by atoms with Crippen LogP contribution in [0.5, 0.6) is 0 Å². The molecule has 0 bridgehead atoms. The first-order valence-electron chi connectivity index (χ1n) is 15.0. The van der Waals surface area contributed by atoms with E-state index in [1.54, 1.807) is 22.7 Å². The van der Waals surface area contributed by atoms with E-state index in [4.69, 9.17) is 4.98 Å². The van der Waals surface area contributed by atoms with Gasteiger partial charge in [-0.1, -0.05) is 72.8 Å². The lowest BCUT2D eigenvalue weighted by atomic mass is 9.85. The zero-order chi connectivity index (χ0) is 30.5. The molecule has 4 nitrogen and oxygen atoms in total. The quantitative estimate of drug-likeness (QED) is 0.179. The van der Waals surface area contributed by atoms with E-state index < -0.39 is 0 Å². The number of nitrogens with zero attached hydrogens (tertiary/aromatic N) is 4. The van der Waals surface area contributed by atoms with Crippen LogP contribution in [0.15, 0.2) is 145 Å². The fourth-order valence-corrected chi connectivity index (χ4v) is 7.66. The van der Waals surface area contributed by atoms with E-state index in [0.717, 1.165) is 32.5 Å². The zero-order valence-corrected chi connectivity index (χ0v) is 26.1. The summed E-state index contributed by atoms with van der Waals surface area (Å²) in [5, 5.41) is 13.0. The van der Waals surface area contributed by atoms with E-state index in [2.05, 4.69) is 124 Å². The first-order valence-corrected chi connectivity index (χ1v) is 16.8. The minimum Gasteiger partial charge on any atom is -0.254 e. The highest BCUT2D eigenvalue weighted by molar-refractivity contribution is 7.13. The van der Waals surface area contributed by atoms with Gasteiger partial charge in [-0.2, -0.15) is 0 Å². The largest absolute Gasteiger partial charge is 0.254 e. The maximum Gasteiger partial charge on any atom is 0.141 e. The first-order chi connectivity index (χ1) is 22.8. The van der Waals surface area contributed by atoms with Crippen LogP contribution >= 0.6 is 22.7 Å². The molecule has 0 radical (unpaired) electrons. The molecule has 0 aliphatic carbocycles. The number of hydrogen-bond donors (Lipinski definition) is 0. The van der Waals surface area contributed by atoms with E-state index in [0.29, 0.717) is 0 Å². The molecule has 6 heteroatoms. The number of benzene rings is 5. The van der Waals surface area contributed by atoms with Gasteiger partial charge in [0.2, 0.25) is 0 Å². The lowest BCUT2D eigenvalue weighted by Gasteiger charge is -2.19. The second-order valence-corrected chi connectivity index (χ2v) is 12.9. The number of pyridine rings is 2. The first kappa shape index (κ1) is 26.8. The van der Waals surface area contributed by atoms with Crippen LogP contribution in [0.1, 0.15) is 0 Å². The molecule has 5 aromatic carbocycles. The molecule has 0 amide bonds. The Bertz CT molecular complexity index is 2540. The molecule has 0 saturated carbocycles. The third kappa shape index (κ3) is 4.58. The van der Waals surface area contributed by atoms with Gasteiger partial charge < -0.3 is 0 Å². The minimum absolute atomic E-state index is 0.877. The Kier molecular flexibility index (Phi) is 6.47. The van der Waals surface area contributed by atoms with Crippen LogP contribution in [-0.4, -0.2) is 19.9 Å². The SMILES string of the molecule is c1ccc2cc(-c3ccc4c(-c5ccnc(-c6nccs6)c5)c5ccccc5c(-c5ccnc(-c6nccs6)c5)c4c3)ccc2c1. The van der Waals surface area contributed by atoms with Crippen molar-refractivity contribution in [3.63, 3.8) is 0 Å². The van der Waals surface area contributed by atoms with Crippen LogP contribution < -0.4 is 0 Å². The van der Waals surface area contributed by atoms with Gasteiger partial charge in [-0.3, -0.25) is 9.97 Å². The molecule has 0 unspecified atom stereocenters. The number of aromatic nitrogens is 4. The maximum atomic E-state index is 4.70. The minimum atomic E-state index is 0.877. The van der Waals surface area contributed by atoms with Crippen molar-refractivity contribution in [2.75, 3.05) is 0 Å². The summed E-state index contributed by atoms with van der Waals surface area (Å²) < 4.78 is 0. The van der Waals surface area contributed by atoms with Crippen molar-refractivity contribution < 1.29 is 0 Å². The summed E-state index contributed by atoms with van der Waals surface area (Å²) in [5.41, 5.74) is 8.72.